The average molecular weight is 297 g/mol. The van der Waals surface area contributed by atoms with Crippen LogP contribution in [0.1, 0.15) is 10.5 Å². The molecule has 1 aromatic heterocycles. The van der Waals surface area contributed by atoms with E-state index in [0.29, 0.717) is 29.0 Å². The summed E-state index contributed by atoms with van der Waals surface area (Å²) in [5.41, 5.74) is 1.75. The van der Waals surface area contributed by atoms with Crippen molar-refractivity contribution in [3.63, 3.8) is 0 Å². The van der Waals surface area contributed by atoms with Gasteiger partial charge in [-0.2, -0.15) is 0 Å². The van der Waals surface area contributed by atoms with Gasteiger partial charge in [0.15, 0.2) is 12.0 Å². The zero-order valence-corrected chi connectivity index (χ0v) is 11.7. The van der Waals surface area contributed by atoms with Gasteiger partial charge in [-0.05, 0) is 30.3 Å². The molecule has 3 rings (SSSR count). The number of hydrogen-bond donors (Lipinski definition) is 0. The van der Waals surface area contributed by atoms with E-state index in [1.807, 2.05) is 12.1 Å². The number of ether oxygens (including phenoxy) is 1. The van der Waals surface area contributed by atoms with E-state index in [-0.39, 0.29) is 5.69 Å². The fourth-order valence-electron chi connectivity index (χ4n) is 2.25. The maximum atomic E-state index is 13.5. The van der Waals surface area contributed by atoms with Crippen molar-refractivity contribution in [2.45, 2.75) is 0 Å². The van der Waals surface area contributed by atoms with Crippen molar-refractivity contribution in [2.24, 2.45) is 0 Å². The van der Waals surface area contributed by atoms with Gasteiger partial charge in [-0.25, -0.2) is 9.07 Å². The Balaban J connectivity index is 2.27. The number of para-hydroxylation sites is 1. The van der Waals surface area contributed by atoms with Crippen molar-refractivity contribution in [2.75, 3.05) is 7.11 Å². The molecular weight excluding hydrogens is 285 g/mol. The van der Waals surface area contributed by atoms with E-state index in [4.69, 9.17) is 4.74 Å². The average Bonchev–Trinajstić information content (AvgIpc) is 2.98. The lowest BCUT2D eigenvalue weighted by atomic mass is 10.1. The molecule has 0 unspecified atom stereocenters. The predicted molar refractivity (Wildman–Crippen MR) is 78.7 cm³/mol. The standard InChI is InChI=1S/C16H12FN3O2/c1-22-15-8-3-2-7-13(15)16-14(10-21)18-19-20(16)12-6-4-5-11(17)9-12/h2-10H,1H3. The summed E-state index contributed by atoms with van der Waals surface area (Å²) < 4.78 is 20.2. The molecule has 0 aliphatic heterocycles. The second-order valence-electron chi connectivity index (χ2n) is 4.53. The predicted octanol–water partition coefficient (Wildman–Crippen LogP) is 2.89. The quantitative estimate of drug-likeness (QED) is 0.695. The monoisotopic (exact) mass is 297 g/mol. The van der Waals surface area contributed by atoms with E-state index in [0.717, 1.165) is 0 Å². The number of benzene rings is 2. The van der Waals surface area contributed by atoms with E-state index in [9.17, 15) is 9.18 Å². The number of carbonyl (C=O) groups is 1. The van der Waals surface area contributed by atoms with Gasteiger partial charge in [0, 0.05) is 5.56 Å². The normalized spacial score (nSPS) is 10.5. The first-order valence-electron chi connectivity index (χ1n) is 6.55. The van der Waals surface area contributed by atoms with E-state index in [1.54, 1.807) is 24.3 Å². The van der Waals surface area contributed by atoms with Crippen molar-refractivity contribution < 1.29 is 13.9 Å². The van der Waals surface area contributed by atoms with Crippen LogP contribution in [0.25, 0.3) is 16.9 Å². The second kappa shape index (κ2) is 5.77. The van der Waals surface area contributed by atoms with Gasteiger partial charge in [0.1, 0.15) is 17.3 Å². The van der Waals surface area contributed by atoms with Crippen LogP contribution in [0, 0.1) is 5.82 Å². The molecule has 0 fully saturated rings. The lowest BCUT2D eigenvalue weighted by Crippen LogP contribution is -2.01. The largest absolute Gasteiger partial charge is 0.496 e. The van der Waals surface area contributed by atoms with Crippen LogP contribution in [0.4, 0.5) is 4.39 Å². The summed E-state index contributed by atoms with van der Waals surface area (Å²) in [6, 6.07) is 13.1. The third-order valence-corrected chi connectivity index (χ3v) is 3.22. The number of rotatable bonds is 4. The van der Waals surface area contributed by atoms with Gasteiger partial charge in [0.05, 0.1) is 12.8 Å². The summed E-state index contributed by atoms with van der Waals surface area (Å²) in [5, 5.41) is 7.82. The van der Waals surface area contributed by atoms with Crippen molar-refractivity contribution in [3.05, 3.63) is 60.0 Å². The third-order valence-electron chi connectivity index (χ3n) is 3.22. The number of hydrogen-bond acceptors (Lipinski definition) is 4. The van der Waals surface area contributed by atoms with E-state index in [2.05, 4.69) is 10.3 Å². The van der Waals surface area contributed by atoms with Crippen molar-refractivity contribution in [1.82, 2.24) is 15.0 Å². The minimum Gasteiger partial charge on any atom is -0.496 e. The highest BCUT2D eigenvalue weighted by atomic mass is 19.1. The van der Waals surface area contributed by atoms with Crippen LogP contribution >= 0.6 is 0 Å². The van der Waals surface area contributed by atoms with Crippen molar-refractivity contribution in [3.8, 4) is 22.7 Å². The van der Waals surface area contributed by atoms with Crippen LogP contribution in [-0.4, -0.2) is 28.4 Å². The number of methoxy groups -OCH3 is 1. The van der Waals surface area contributed by atoms with Crippen LogP contribution in [0.15, 0.2) is 48.5 Å². The SMILES string of the molecule is COc1ccccc1-c1c(C=O)nnn1-c1cccc(F)c1. The highest BCUT2D eigenvalue weighted by molar-refractivity contribution is 5.85. The lowest BCUT2D eigenvalue weighted by Gasteiger charge is -2.10. The van der Waals surface area contributed by atoms with Crippen LogP contribution in [0.2, 0.25) is 0 Å². The Morgan fingerprint density at radius 3 is 2.73 bits per heavy atom. The number of aromatic nitrogens is 3. The summed E-state index contributed by atoms with van der Waals surface area (Å²) in [6.45, 7) is 0. The van der Waals surface area contributed by atoms with E-state index < -0.39 is 5.82 Å². The highest BCUT2D eigenvalue weighted by Gasteiger charge is 2.19. The summed E-state index contributed by atoms with van der Waals surface area (Å²) >= 11 is 0. The fraction of sp³-hybridized carbons (Fsp3) is 0.0625. The van der Waals surface area contributed by atoms with Gasteiger partial charge in [-0.15, -0.1) is 5.10 Å². The van der Waals surface area contributed by atoms with Crippen molar-refractivity contribution in [1.29, 1.82) is 0 Å². The first kappa shape index (κ1) is 13.9. The lowest BCUT2D eigenvalue weighted by molar-refractivity contribution is 0.111. The minimum atomic E-state index is -0.397. The first-order chi connectivity index (χ1) is 10.7. The van der Waals surface area contributed by atoms with E-state index in [1.165, 1.54) is 23.9 Å². The van der Waals surface area contributed by atoms with Gasteiger partial charge < -0.3 is 4.74 Å². The Morgan fingerprint density at radius 2 is 2.00 bits per heavy atom. The smallest absolute Gasteiger partial charge is 0.172 e. The van der Waals surface area contributed by atoms with Gasteiger partial charge in [0.25, 0.3) is 0 Å². The number of carbonyl (C=O) groups excluding carboxylic acids is 1. The molecule has 110 valence electrons. The molecular formula is C16H12FN3O2. The second-order valence-corrected chi connectivity index (χ2v) is 4.53. The molecule has 3 aromatic rings. The number of halogens is 1. The molecule has 0 amide bonds. The fourth-order valence-corrected chi connectivity index (χ4v) is 2.25. The molecule has 0 atom stereocenters. The van der Waals surface area contributed by atoms with Gasteiger partial charge in [0.2, 0.25) is 0 Å². The Bertz CT molecular complexity index is 830. The van der Waals surface area contributed by atoms with Gasteiger partial charge in [-0.1, -0.05) is 23.4 Å². The number of aldehydes is 1. The maximum absolute atomic E-state index is 13.5. The first-order valence-corrected chi connectivity index (χ1v) is 6.55. The van der Waals surface area contributed by atoms with Crippen LogP contribution < -0.4 is 4.74 Å². The van der Waals surface area contributed by atoms with Gasteiger partial charge >= 0.3 is 0 Å². The van der Waals surface area contributed by atoms with Crippen LogP contribution in [0.3, 0.4) is 0 Å². The molecule has 2 aromatic carbocycles. The molecule has 22 heavy (non-hydrogen) atoms. The zero-order valence-electron chi connectivity index (χ0n) is 11.7. The molecule has 0 saturated carbocycles. The molecule has 6 heteroatoms. The molecule has 5 nitrogen and oxygen atoms in total. The molecule has 0 aliphatic carbocycles. The summed E-state index contributed by atoms with van der Waals surface area (Å²) in [6.07, 6.45) is 0.616. The maximum Gasteiger partial charge on any atom is 0.172 e. The zero-order chi connectivity index (χ0) is 15.5. The summed E-state index contributed by atoms with van der Waals surface area (Å²) in [5.74, 6) is 0.178. The molecule has 0 bridgehead atoms. The Kier molecular flexibility index (Phi) is 3.65. The minimum absolute atomic E-state index is 0.161. The third kappa shape index (κ3) is 2.35. The summed E-state index contributed by atoms with van der Waals surface area (Å²) in [4.78, 5) is 11.3. The van der Waals surface area contributed by atoms with Gasteiger partial charge in [-0.3, -0.25) is 4.79 Å². The van der Waals surface area contributed by atoms with E-state index >= 15 is 0 Å². The molecule has 0 spiro atoms. The number of nitrogens with zero attached hydrogens (tertiary/aromatic N) is 3. The Labute approximate surface area is 126 Å². The Hall–Kier alpha value is -3.02. The highest BCUT2D eigenvalue weighted by Crippen LogP contribution is 2.32. The molecule has 0 saturated heterocycles. The molecule has 0 radical (unpaired) electrons. The van der Waals surface area contributed by atoms with Crippen LogP contribution in [-0.2, 0) is 0 Å². The topological polar surface area (TPSA) is 57.0 Å². The summed E-state index contributed by atoms with van der Waals surface area (Å²) in [7, 11) is 1.54. The van der Waals surface area contributed by atoms with Crippen molar-refractivity contribution >= 4 is 6.29 Å². The van der Waals surface area contributed by atoms with Crippen LogP contribution in [0.5, 0.6) is 5.75 Å². The Morgan fingerprint density at radius 1 is 1.18 bits per heavy atom. The molecule has 0 N–H and O–H groups in total. The molecule has 0 aliphatic rings. The molecule has 1 heterocycles.